The summed E-state index contributed by atoms with van der Waals surface area (Å²) in [5.74, 6) is 0. The first kappa shape index (κ1) is 6.07. The molecule has 0 spiro atoms. The number of hydrogen-bond donors (Lipinski definition) is 2. The molecule has 40 valence electrons. The predicted molar refractivity (Wildman–Crippen MR) is 27.4 cm³/mol. The average molecular weight is 101 g/mol. The second-order valence-electron chi connectivity index (χ2n) is 0.989. The summed E-state index contributed by atoms with van der Waals surface area (Å²) in [5.41, 5.74) is 4.50. The molecule has 4 nitrogen and oxygen atoms in total. The van der Waals surface area contributed by atoms with Gasteiger partial charge in [-0.25, -0.2) is 0 Å². The lowest BCUT2D eigenvalue weighted by atomic mass is 10.7. The second kappa shape index (κ2) is 5.07. The summed E-state index contributed by atoms with van der Waals surface area (Å²) >= 11 is 0. The highest BCUT2D eigenvalue weighted by molar-refractivity contribution is 5.56. The molecular formula is C3H7N3O. The molecule has 0 fully saturated rings. The molecule has 0 saturated heterocycles. The molecule has 1 aliphatic heterocycles. The Balaban J connectivity index is 0.000000162. The van der Waals surface area contributed by atoms with Crippen molar-refractivity contribution in [3.8, 4) is 0 Å². The smallest absolute Gasteiger partial charge is 0.0825 e. The lowest BCUT2D eigenvalue weighted by Crippen LogP contribution is -2.04. The Labute approximate surface area is 41.4 Å². The van der Waals surface area contributed by atoms with Crippen LogP contribution in [0.5, 0.6) is 0 Å². The van der Waals surface area contributed by atoms with Gasteiger partial charge >= 0.3 is 0 Å². The van der Waals surface area contributed by atoms with Crippen molar-refractivity contribution >= 4 is 6.34 Å². The van der Waals surface area contributed by atoms with Crippen molar-refractivity contribution in [2.24, 2.45) is 4.99 Å². The molecule has 0 atom stereocenters. The zero-order valence-corrected chi connectivity index (χ0v) is 3.85. The van der Waals surface area contributed by atoms with Gasteiger partial charge in [0.1, 0.15) is 0 Å². The summed E-state index contributed by atoms with van der Waals surface area (Å²) in [6.07, 6.45) is 1.74. The van der Waals surface area contributed by atoms with Crippen LogP contribution < -0.4 is 5.32 Å². The van der Waals surface area contributed by atoms with Crippen LogP contribution in [0.2, 0.25) is 0 Å². The summed E-state index contributed by atoms with van der Waals surface area (Å²) in [4.78, 5) is 11.3. The quantitative estimate of drug-likeness (QED) is 0.420. The Morgan fingerprint density at radius 1 is 1.71 bits per heavy atom. The van der Waals surface area contributed by atoms with E-state index in [9.17, 15) is 0 Å². The fourth-order valence-electron chi connectivity index (χ4n) is 0.323. The average Bonchev–Trinajstić information content (AvgIpc) is 2.23. The molecule has 0 radical (unpaired) electrons. The molecule has 0 aliphatic carbocycles. The third-order valence-corrected chi connectivity index (χ3v) is 0.568. The van der Waals surface area contributed by atoms with E-state index >= 15 is 0 Å². The summed E-state index contributed by atoms with van der Waals surface area (Å²) in [6, 6.07) is 0. The lowest BCUT2D eigenvalue weighted by molar-refractivity contribution is 0.965. The molecule has 1 rings (SSSR count). The van der Waals surface area contributed by atoms with E-state index in [0.717, 1.165) is 13.1 Å². The maximum Gasteiger partial charge on any atom is 0.0825 e. The molecule has 0 saturated carbocycles. The van der Waals surface area contributed by atoms with Gasteiger partial charge in [-0.15, -0.1) is 0 Å². The zero-order chi connectivity index (χ0) is 5.54. The van der Waals surface area contributed by atoms with Crippen LogP contribution in [0.25, 0.3) is 0 Å². The van der Waals surface area contributed by atoms with Crippen molar-refractivity contribution in [3.05, 3.63) is 4.91 Å². The van der Waals surface area contributed by atoms with Crippen LogP contribution in [0.4, 0.5) is 0 Å². The highest BCUT2D eigenvalue weighted by atomic mass is 16.2. The molecular weight excluding hydrogens is 94.1 g/mol. The highest BCUT2D eigenvalue weighted by Crippen LogP contribution is 1.68. The van der Waals surface area contributed by atoms with Gasteiger partial charge in [-0.3, -0.25) is 4.99 Å². The molecule has 0 aromatic rings. The standard InChI is InChI=1S/C3H6N2.HNO/c1-2-5-3-4-1;1-2/h3H,1-2H2,(H,4,5);1H. The van der Waals surface area contributed by atoms with E-state index in [1.807, 2.05) is 0 Å². The number of nitrogens with one attached hydrogen (secondary N) is 2. The second-order valence-corrected chi connectivity index (χ2v) is 0.989. The lowest BCUT2D eigenvalue weighted by Gasteiger charge is -1.75. The van der Waals surface area contributed by atoms with E-state index < -0.39 is 0 Å². The van der Waals surface area contributed by atoms with Crippen LogP contribution in [0, 0.1) is 10.5 Å². The van der Waals surface area contributed by atoms with Gasteiger partial charge in [0.25, 0.3) is 0 Å². The zero-order valence-electron chi connectivity index (χ0n) is 3.85. The number of nitroso groups, excluding NO2 is 1. The van der Waals surface area contributed by atoms with Crippen LogP contribution in [-0.2, 0) is 0 Å². The first-order chi connectivity index (χ1) is 3.50. The molecule has 0 amide bonds. The normalized spacial score (nSPS) is 14.3. The van der Waals surface area contributed by atoms with E-state index in [1.165, 1.54) is 0 Å². The first-order valence-corrected chi connectivity index (χ1v) is 1.92. The topological polar surface area (TPSA) is 65.3 Å². The van der Waals surface area contributed by atoms with Crippen LogP contribution in [0.3, 0.4) is 0 Å². The van der Waals surface area contributed by atoms with Crippen molar-refractivity contribution in [2.75, 3.05) is 13.1 Å². The fraction of sp³-hybridized carbons (Fsp3) is 0.667. The number of rotatable bonds is 0. The van der Waals surface area contributed by atoms with Gasteiger partial charge in [0.15, 0.2) is 0 Å². The SMILES string of the molecule is C1=NCCN1.N=O. The molecule has 0 aromatic carbocycles. The summed E-state index contributed by atoms with van der Waals surface area (Å²) in [5, 5.41) is 2.93. The maximum absolute atomic E-state index is 7.50. The van der Waals surface area contributed by atoms with Crippen molar-refractivity contribution in [1.82, 2.24) is 5.32 Å². The van der Waals surface area contributed by atoms with E-state index in [1.54, 1.807) is 6.34 Å². The minimum atomic E-state index is 0.958. The highest BCUT2D eigenvalue weighted by Gasteiger charge is 1.82. The van der Waals surface area contributed by atoms with Gasteiger partial charge in [-0.05, 0) is 0 Å². The van der Waals surface area contributed by atoms with Crippen LogP contribution >= 0.6 is 0 Å². The predicted octanol–water partition coefficient (Wildman–Crippen LogP) is -0.0505. The molecule has 0 aromatic heterocycles. The Kier molecular flexibility index (Phi) is 4.40. The van der Waals surface area contributed by atoms with Crippen molar-refractivity contribution < 1.29 is 0 Å². The molecule has 4 heteroatoms. The van der Waals surface area contributed by atoms with E-state index in [2.05, 4.69) is 15.9 Å². The number of aliphatic imine (C=N–C) groups is 1. The third-order valence-electron chi connectivity index (χ3n) is 0.568. The molecule has 2 N–H and O–H groups in total. The van der Waals surface area contributed by atoms with Gasteiger partial charge in [0, 0.05) is 6.54 Å². The van der Waals surface area contributed by atoms with Gasteiger partial charge in [-0.2, -0.15) is 4.91 Å². The molecule has 7 heavy (non-hydrogen) atoms. The largest absolute Gasteiger partial charge is 0.375 e. The van der Waals surface area contributed by atoms with Crippen LogP contribution in [0.1, 0.15) is 0 Å². The molecule has 0 bridgehead atoms. The maximum atomic E-state index is 7.50. The van der Waals surface area contributed by atoms with Gasteiger partial charge in [0.2, 0.25) is 0 Å². The van der Waals surface area contributed by atoms with E-state index in [-0.39, 0.29) is 0 Å². The number of hydrogen-bond acceptors (Lipinski definition) is 4. The van der Waals surface area contributed by atoms with Gasteiger partial charge in [-0.1, -0.05) is 5.59 Å². The van der Waals surface area contributed by atoms with E-state index in [0.29, 0.717) is 0 Å². The molecule has 0 unspecified atom stereocenters. The van der Waals surface area contributed by atoms with Crippen molar-refractivity contribution in [2.45, 2.75) is 0 Å². The Bertz CT molecular complexity index is 57.2. The molecule has 1 heterocycles. The minimum absolute atomic E-state index is 0.958. The van der Waals surface area contributed by atoms with Crippen LogP contribution in [-0.4, -0.2) is 19.4 Å². The van der Waals surface area contributed by atoms with E-state index in [4.69, 9.17) is 4.91 Å². The summed E-state index contributed by atoms with van der Waals surface area (Å²) < 4.78 is 0. The number of nitrogens with zero attached hydrogens (tertiary/aromatic N) is 1. The van der Waals surface area contributed by atoms with Crippen LogP contribution in [0.15, 0.2) is 4.99 Å². The van der Waals surface area contributed by atoms with Crippen molar-refractivity contribution in [3.63, 3.8) is 0 Å². The third kappa shape index (κ3) is 2.88. The first-order valence-electron chi connectivity index (χ1n) is 1.92. The molecule has 1 aliphatic rings. The Hall–Kier alpha value is -0.930. The van der Waals surface area contributed by atoms with Gasteiger partial charge < -0.3 is 5.32 Å². The van der Waals surface area contributed by atoms with Gasteiger partial charge in [0.05, 0.1) is 12.9 Å². The Morgan fingerprint density at radius 3 is 2.57 bits per heavy atom. The minimum Gasteiger partial charge on any atom is -0.375 e. The summed E-state index contributed by atoms with van der Waals surface area (Å²) in [6.45, 7) is 1.99. The Morgan fingerprint density at radius 2 is 2.43 bits per heavy atom. The fourth-order valence-corrected chi connectivity index (χ4v) is 0.323. The van der Waals surface area contributed by atoms with Crippen molar-refractivity contribution in [1.29, 1.82) is 5.59 Å². The summed E-state index contributed by atoms with van der Waals surface area (Å²) in [7, 11) is 0. The monoisotopic (exact) mass is 101 g/mol.